The SMILES string of the molecule is OCCOCCSc1nnc(-c2ccc(Cl)cc2)n1-c1ccccc1. The minimum atomic E-state index is 0.0333. The van der Waals surface area contributed by atoms with Gasteiger partial charge in [0, 0.05) is 22.0 Å². The minimum absolute atomic E-state index is 0.0333. The molecule has 5 nitrogen and oxygen atoms in total. The third-order valence-corrected chi connectivity index (χ3v) is 4.59. The molecule has 0 atom stereocenters. The van der Waals surface area contributed by atoms with Gasteiger partial charge in [-0.2, -0.15) is 0 Å². The first-order valence-electron chi connectivity index (χ1n) is 7.88. The Labute approximate surface area is 155 Å². The third kappa shape index (κ3) is 4.61. The monoisotopic (exact) mass is 375 g/mol. The van der Waals surface area contributed by atoms with Gasteiger partial charge in [0.2, 0.25) is 0 Å². The van der Waals surface area contributed by atoms with Gasteiger partial charge in [0.1, 0.15) is 0 Å². The molecule has 1 aromatic heterocycles. The molecule has 3 rings (SSSR count). The Hall–Kier alpha value is -1.86. The van der Waals surface area contributed by atoms with Crippen LogP contribution in [0.5, 0.6) is 0 Å². The molecule has 1 heterocycles. The topological polar surface area (TPSA) is 60.2 Å². The van der Waals surface area contributed by atoms with Crippen molar-refractivity contribution in [1.29, 1.82) is 0 Å². The zero-order valence-corrected chi connectivity index (χ0v) is 15.1. The molecule has 0 spiro atoms. The van der Waals surface area contributed by atoms with Crippen molar-refractivity contribution < 1.29 is 9.84 Å². The highest BCUT2D eigenvalue weighted by Gasteiger charge is 2.15. The van der Waals surface area contributed by atoms with Crippen LogP contribution in [0.25, 0.3) is 17.1 Å². The van der Waals surface area contributed by atoms with E-state index in [0.29, 0.717) is 18.2 Å². The molecule has 0 aliphatic rings. The van der Waals surface area contributed by atoms with Crippen LogP contribution < -0.4 is 0 Å². The summed E-state index contributed by atoms with van der Waals surface area (Å²) < 4.78 is 7.34. The number of hydrogen-bond acceptors (Lipinski definition) is 5. The lowest BCUT2D eigenvalue weighted by molar-refractivity contribution is 0.103. The van der Waals surface area contributed by atoms with Crippen LogP contribution in [0.2, 0.25) is 5.02 Å². The molecule has 0 amide bonds. The second-order valence-corrected chi connectivity index (χ2v) is 6.67. The van der Waals surface area contributed by atoms with Crippen molar-refractivity contribution in [3.63, 3.8) is 0 Å². The molecule has 0 unspecified atom stereocenters. The Morgan fingerprint density at radius 2 is 1.76 bits per heavy atom. The van der Waals surface area contributed by atoms with Crippen molar-refractivity contribution in [2.24, 2.45) is 0 Å². The number of aliphatic hydroxyl groups is 1. The Bertz CT molecular complexity index is 794. The van der Waals surface area contributed by atoms with Gasteiger partial charge in [-0.3, -0.25) is 4.57 Å². The van der Waals surface area contributed by atoms with Crippen LogP contribution in [0.4, 0.5) is 0 Å². The van der Waals surface area contributed by atoms with Crippen LogP contribution in [0.1, 0.15) is 0 Å². The first-order valence-corrected chi connectivity index (χ1v) is 9.24. The standard InChI is InChI=1S/C18H18ClN3O2S/c19-15-8-6-14(7-9-15)17-20-21-18(25-13-12-24-11-10-23)22(17)16-4-2-1-3-5-16/h1-9,23H,10-13H2. The summed E-state index contributed by atoms with van der Waals surface area (Å²) in [4.78, 5) is 0. The van der Waals surface area contributed by atoms with Crippen molar-refractivity contribution in [3.8, 4) is 17.1 Å². The highest BCUT2D eigenvalue weighted by molar-refractivity contribution is 7.99. The second-order valence-electron chi connectivity index (χ2n) is 5.17. The molecule has 0 radical (unpaired) electrons. The Kier molecular flexibility index (Phi) is 6.47. The average molecular weight is 376 g/mol. The predicted octanol–water partition coefficient (Wildman–Crippen LogP) is 3.69. The second kappa shape index (κ2) is 9.01. The third-order valence-electron chi connectivity index (χ3n) is 3.44. The Morgan fingerprint density at radius 1 is 1.00 bits per heavy atom. The highest BCUT2D eigenvalue weighted by Crippen LogP contribution is 2.28. The van der Waals surface area contributed by atoms with Crippen molar-refractivity contribution in [2.45, 2.75) is 5.16 Å². The molecule has 0 aliphatic carbocycles. The lowest BCUT2D eigenvalue weighted by Crippen LogP contribution is -2.04. The summed E-state index contributed by atoms with van der Waals surface area (Å²) >= 11 is 7.56. The predicted molar refractivity (Wildman–Crippen MR) is 100 cm³/mol. The number of para-hydroxylation sites is 1. The highest BCUT2D eigenvalue weighted by atomic mass is 35.5. The maximum absolute atomic E-state index is 8.76. The number of hydrogen-bond donors (Lipinski definition) is 1. The molecule has 25 heavy (non-hydrogen) atoms. The number of rotatable bonds is 8. The molecule has 0 saturated carbocycles. The summed E-state index contributed by atoms with van der Waals surface area (Å²) in [5.74, 6) is 1.49. The number of benzene rings is 2. The van der Waals surface area contributed by atoms with E-state index in [1.807, 2.05) is 59.2 Å². The number of ether oxygens (including phenoxy) is 1. The fraction of sp³-hybridized carbons (Fsp3) is 0.222. The lowest BCUT2D eigenvalue weighted by atomic mass is 10.2. The molecule has 3 aromatic rings. The van der Waals surface area contributed by atoms with Gasteiger partial charge in [0.05, 0.1) is 19.8 Å². The van der Waals surface area contributed by atoms with Gasteiger partial charge in [-0.15, -0.1) is 10.2 Å². The van der Waals surface area contributed by atoms with E-state index in [0.717, 1.165) is 28.0 Å². The number of thioether (sulfide) groups is 1. The summed E-state index contributed by atoms with van der Waals surface area (Å²) in [6.07, 6.45) is 0. The van der Waals surface area contributed by atoms with Gasteiger partial charge >= 0.3 is 0 Å². The fourth-order valence-corrected chi connectivity index (χ4v) is 3.25. The quantitative estimate of drug-likeness (QED) is 0.480. The van der Waals surface area contributed by atoms with E-state index in [-0.39, 0.29) is 6.61 Å². The van der Waals surface area contributed by atoms with Crippen molar-refractivity contribution in [3.05, 3.63) is 59.6 Å². The number of nitrogens with zero attached hydrogens (tertiary/aromatic N) is 3. The molecule has 7 heteroatoms. The van der Waals surface area contributed by atoms with Crippen molar-refractivity contribution in [1.82, 2.24) is 14.8 Å². The average Bonchev–Trinajstić information content (AvgIpc) is 3.07. The van der Waals surface area contributed by atoms with E-state index in [1.165, 1.54) is 0 Å². The van der Waals surface area contributed by atoms with Gasteiger partial charge in [-0.25, -0.2) is 0 Å². The van der Waals surface area contributed by atoms with Crippen LogP contribution in [-0.2, 0) is 4.74 Å². The van der Waals surface area contributed by atoms with Crippen LogP contribution >= 0.6 is 23.4 Å². The van der Waals surface area contributed by atoms with E-state index in [4.69, 9.17) is 21.4 Å². The zero-order chi connectivity index (χ0) is 17.5. The minimum Gasteiger partial charge on any atom is -0.394 e. The van der Waals surface area contributed by atoms with E-state index in [1.54, 1.807) is 11.8 Å². The van der Waals surface area contributed by atoms with Crippen LogP contribution in [0.3, 0.4) is 0 Å². The van der Waals surface area contributed by atoms with E-state index >= 15 is 0 Å². The maximum Gasteiger partial charge on any atom is 0.196 e. The van der Waals surface area contributed by atoms with E-state index < -0.39 is 0 Å². The molecule has 130 valence electrons. The van der Waals surface area contributed by atoms with Crippen LogP contribution in [0, 0.1) is 0 Å². The molecular formula is C18H18ClN3O2S. The Morgan fingerprint density at radius 3 is 2.48 bits per heavy atom. The molecule has 0 bridgehead atoms. The number of aromatic nitrogens is 3. The normalized spacial score (nSPS) is 11.0. The van der Waals surface area contributed by atoms with Gasteiger partial charge in [-0.1, -0.05) is 41.6 Å². The summed E-state index contributed by atoms with van der Waals surface area (Å²) in [5.41, 5.74) is 1.94. The fourth-order valence-electron chi connectivity index (χ4n) is 2.32. The van der Waals surface area contributed by atoms with Crippen molar-refractivity contribution >= 4 is 23.4 Å². The number of halogens is 1. The van der Waals surface area contributed by atoms with Gasteiger partial charge < -0.3 is 9.84 Å². The lowest BCUT2D eigenvalue weighted by Gasteiger charge is -2.10. The smallest absolute Gasteiger partial charge is 0.196 e. The van der Waals surface area contributed by atoms with Crippen molar-refractivity contribution in [2.75, 3.05) is 25.6 Å². The summed E-state index contributed by atoms with van der Waals surface area (Å²) in [6.45, 7) is 0.927. The summed E-state index contributed by atoms with van der Waals surface area (Å²) in [5, 5.41) is 19.0. The van der Waals surface area contributed by atoms with Gasteiger partial charge in [0.15, 0.2) is 11.0 Å². The first kappa shape index (κ1) is 17.9. The van der Waals surface area contributed by atoms with E-state index in [2.05, 4.69) is 10.2 Å². The molecule has 2 aromatic carbocycles. The molecule has 1 N–H and O–H groups in total. The van der Waals surface area contributed by atoms with Crippen LogP contribution in [0.15, 0.2) is 59.8 Å². The molecular weight excluding hydrogens is 358 g/mol. The maximum atomic E-state index is 8.76. The van der Waals surface area contributed by atoms with Gasteiger partial charge in [0.25, 0.3) is 0 Å². The summed E-state index contributed by atoms with van der Waals surface area (Å²) in [7, 11) is 0. The molecule has 0 saturated heterocycles. The zero-order valence-electron chi connectivity index (χ0n) is 13.5. The first-order chi connectivity index (χ1) is 12.3. The molecule has 0 aliphatic heterocycles. The van der Waals surface area contributed by atoms with E-state index in [9.17, 15) is 0 Å². The summed E-state index contributed by atoms with van der Waals surface area (Å²) in [6, 6.07) is 17.6. The number of aliphatic hydroxyl groups excluding tert-OH is 1. The van der Waals surface area contributed by atoms with Crippen LogP contribution in [-0.4, -0.2) is 45.4 Å². The molecule has 0 fully saturated rings. The Balaban J connectivity index is 1.89. The largest absolute Gasteiger partial charge is 0.394 e. The van der Waals surface area contributed by atoms with Gasteiger partial charge in [-0.05, 0) is 36.4 Å².